The molecule has 1 aromatic rings. The molecule has 1 aromatic carbocycles. The van der Waals surface area contributed by atoms with E-state index < -0.39 is 5.82 Å². The van der Waals surface area contributed by atoms with Crippen molar-refractivity contribution < 1.29 is 9.18 Å². The van der Waals surface area contributed by atoms with Crippen LogP contribution in [0.15, 0.2) is 16.6 Å². The summed E-state index contributed by atoms with van der Waals surface area (Å²) in [6, 6.07) is 2.25. The van der Waals surface area contributed by atoms with Crippen molar-refractivity contribution in [3.05, 3.63) is 33.0 Å². The Kier molecular flexibility index (Phi) is 2.62. The van der Waals surface area contributed by atoms with Crippen molar-refractivity contribution in [2.45, 2.75) is 0 Å². The summed E-state index contributed by atoms with van der Waals surface area (Å²) in [4.78, 5) is 10.3. The summed E-state index contributed by atoms with van der Waals surface area (Å²) in [6.45, 7) is 0. The molecule has 0 aromatic heterocycles. The van der Waals surface area contributed by atoms with Crippen molar-refractivity contribution in [1.82, 2.24) is 0 Å². The van der Waals surface area contributed by atoms with Crippen molar-refractivity contribution in [2.75, 3.05) is 0 Å². The number of benzene rings is 1. The van der Waals surface area contributed by atoms with Crippen LogP contribution in [0.5, 0.6) is 0 Å². The number of carbonyl (C=O) groups is 1. The molecular weight excluding hydrogens is 234 g/mol. The first-order valence-electron chi connectivity index (χ1n) is 2.75. The Morgan fingerprint density at radius 1 is 1.55 bits per heavy atom. The predicted octanol–water partition coefficient (Wildman–Crippen LogP) is 3.05. The van der Waals surface area contributed by atoms with E-state index in [0.717, 1.165) is 12.1 Å². The van der Waals surface area contributed by atoms with Gasteiger partial charge >= 0.3 is 0 Å². The first-order valence-corrected chi connectivity index (χ1v) is 3.92. The summed E-state index contributed by atoms with van der Waals surface area (Å²) in [5, 5.41) is 0.201. The van der Waals surface area contributed by atoms with Gasteiger partial charge in [-0.2, -0.15) is 0 Å². The fraction of sp³-hybridized carbons (Fsp3) is 0. The van der Waals surface area contributed by atoms with Gasteiger partial charge in [0.1, 0.15) is 5.82 Å². The summed E-state index contributed by atoms with van der Waals surface area (Å²) in [5.74, 6) is -0.514. The molecule has 0 amide bonds. The Bertz CT molecular complexity index is 301. The standard InChI is InChI=1S/C7H3BrClFO/c8-7-4(3-11)1-5(10)2-6(7)9/h1-3H. The van der Waals surface area contributed by atoms with Crippen LogP contribution in [0.1, 0.15) is 10.4 Å². The van der Waals surface area contributed by atoms with Crippen LogP contribution < -0.4 is 0 Å². The lowest BCUT2D eigenvalue weighted by molar-refractivity contribution is 0.112. The molecule has 0 saturated carbocycles. The summed E-state index contributed by atoms with van der Waals surface area (Å²) in [6.07, 6.45) is 0.541. The molecular formula is C7H3BrClFO. The highest BCUT2D eigenvalue weighted by atomic mass is 79.9. The van der Waals surface area contributed by atoms with Crippen LogP contribution in [0.4, 0.5) is 4.39 Å². The maximum atomic E-state index is 12.5. The molecule has 0 aliphatic heterocycles. The fourth-order valence-electron chi connectivity index (χ4n) is 0.662. The van der Waals surface area contributed by atoms with E-state index in [1.165, 1.54) is 0 Å². The van der Waals surface area contributed by atoms with E-state index in [9.17, 15) is 9.18 Å². The molecule has 0 N–H and O–H groups in total. The lowest BCUT2D eigenvalue weighted by atomic mass is 10.2. The van der Waals surface area contributed by atoms with E-state index in [1.807, 2.05) is 0 Å². The molecule has 0 atom stereocenters. The molecule has 1 rings (SSSR count). The second-order valence-corrected chi connectivity index (χ2v) is 3.11. The summed E-state index contributed by atoms with van der Waals surface area (Å²) >= 11 is 8.60. The highest BCUT2D eigenvalue weighted by Gasteiger charge is 2.05. The summed E-state index contributed by atoms with van der Waals surface area (Å²) < 4.78 is 13.0. The van der Waals surface area contributed by atoms with E-state index >= 15 is 0 Å². The molecule has 0 radical (unpaired) electrons. The van der Waals surface area contributed by atoms with Gasteiger partial charge < -0.3 is 0 Å². The third kappa shape index (κ3) is 1.79. The van der Waals surface area contributed by atoms with E-state index in [-0.39, 0.29) is 10.6 Å². The predicted molar refractivity (Wildman–Crippen MR) is 44.5 cm³/mol. The minimum atomic E-state index is -0.514. The van der Waals surface area contributed by atoms with Gasteiger partial charge in [0.15, 0.2) is 6.29 Å². The van der Waals surface area contributed by atoms with E-state index in [0.29, 0.717) is 10.8 Å². The molecule has 0 bridgehead atoms. The van der Waals surface area contributed by atoms with Gasteiger partial charge in [-0.3, -0.25) is 4.79 Å². The molecule has 0 heterocycles. The van der Waals surface area contributed by atoms with Gasteiger partial charge in [0.25, 0.3) is 0 Å². The second kappa shape index (κ2) is 3.32. The third-order valence-corrected chi connectivity index (χ3v) is 2.56. The van der Waals surface area contributed by atoms with Gasteiger partial charge in [0.2, 0.25) is 0 Å². The van der Waals surface area contributed by atoms with Crippen LogP contribution in [0, 0.1) is 5.82 Å². The van der Waals surface area contributed by atoms with Gasteiger partial charge in [0.05, 0.1) is 5.02 Å². The third-order valence-electron chi connectivity index (χ3n) is 1.15. The molecule has 0 unspecified atom stereocenters. The first kappa shape index (κ1) is 8.68. The number of hydrogen-bond acceptors (Lipinski definition) is 1. The lowest BCUT2D eigenvalue weighted by Gasteiger charge is -1.98. The second-order valence-electron chi connectivity index (χ2n) is 1.91. The highest BCUT2D eigenvalue weighted by Crippen LogP contribution is 2.26. The molecule has 0 aliphatic carbocycles. The SMILES string of the molecule is O=Cc1cc(F)cc(Cl)c1Br. The van der Waals surface area contributed by atoms with E-state index in [4.69, 9.17) is 11.6 Å². The molecule has 0 fully saturated rings. The van der Waals surface area contributed by atoms with Crippen LogP contribution in [0.25, 0.3) is 0 Å². The smallest absolute Gasteiger partial charge is 0.151 e. The van der Waals surface area contributed by atoms with Crippen LogP contribution >= 0.6 is 27.5 Å². The molecule has 0 aliphatic rings. The zero-order valence-corrected chi connectivity index (χ0v) is 7.62. The average molecular weight is 237 g/mol. The van der Waals surface area contributed by atoms with Gasteiger partial charge in [-0.05, 0) is 28.1 Å². The van der Waals surface area contributed by atoms with Crippen LogP contribution in [-0.2, 0) is 0 Å². The first-order chi connectivity index (χ1) is 5.15. The largest absolute Gasteiger partial charge is 0.298 e. The number of halogens is 3. The quantitative estimate of drug-likeness (QED) is 0.542. The number of hydrogen-bond donors (Lipinski definition) is 0. The maximum absolute atomic E-state index is 12.5. The van der Waals surface area contributed by atoms with Crippen molar-refractivity contribution >= 4 is 33.8 Å². The minimum Gasteiger partial charge on any atom is -0.298 e. The van der Waals surface area contributed by atoms with Crippen molar-refractivity contribution in [3.63, 3.8) is 0 Å². The zero-order valence-electron chi connectivity index (χ0n) is 5.27. The number of carbonyl (C=O) groups excluding carboxylic acids is 1. The van der Waals surface area contributed by atoms with Crippen LogP contribution in [0.2, 0.25) is 5.02 Å². The number of aldehydes is 1. The Morgan fingerprint density at radius 3 is 2.73 bits per heavy atom. The van der Waals surface area contributed by atoms with Gasteiger partial charge in [-0.15, -0.1) is 0 Å². The van der Waals surface area contributed by atoms with E-state index in [2.05, 4.69) is 15.9 Å². The number of rotatable bonds is 1. The van der Waals surface area contributed by atoms with Gasteiger partial charge in [-0.1, -0.05) is 11.6 Å². The topological polar surface area (TPSA) is 17.1 Å². The van der Waals surface area contributed by atoms with Crippen LogP contribution in [0.3, 0.4) is 0 Å². The molecule has 4 heteroatoms. The Balaban J connectivity index is 3.35. The molecule has 0 saturated heterocycles. The molecule has 58 valence electrons. The zero-order chi connectivity index (χ0) is 8.43. The van der Waals surface area contributed by atoms with Crippen molar-refractivity contribution in [3.8, 4) is 0 Å². The summed E-state index contributed by atoms with van der Waals surface area (Å²) in [7, 11) is 0. The van der Waals surface area contributed by atoms with Crippen LogP contribution in [-0.4, -0.2) is 6.29 Å². The lowest BCUT2D eigenvalue weighted by Crippen LogP contribution is -1.85. The Labute approximate surface area is 76.3 Å². The summed E-state index contributed by atoms with van der Waals surface area (Å²) in [5.41, 5.74) is 0.218. The molecule has 1 nitrogen and oxygen atoms in total. The van der Waals surface area contributed by atoms with Gasteiger partial charge in [-0.25, -0.2) is 4.39 Å². The Hall–Kier alpha value is -0.410. The highest BCUT2D eigenvalue weighted by molar-refractivity contribution is 9.10. The fourth-order valence-corrected chi connectivity index (χ4v) is 1.20. The average Bonchev–Trinajstić information content (AvgIpc) is 1.96. The minimum absolute atomic E-state index is 0.201. The van der Waals surface area contributed by atoms with Crippen molar-refractivity contribution in [1.29, 1.82) is 0 Å². The van der Waals surface area contributed by atoms with E-state index in [1.54, 1.807) is 0 Å². The van der Waals surface area contributed by atoms with Gasteiger partial charge in [0, 0.05) is 10.0 Å². The normalized spacial score (nSPS) is 9.73. The maximum Gasteiger partial charge on any atom is 0.151 e. The monoisotopic (exact) mass is 236 g/mol. The molecule has 0 spiro atoms. The van der Waals surface area contributed by atoms with Crippen molar-refractivity contribution in [2.24, 2.45) is 0 Å². The molecule has 11 heavy (non-hydrogen) atoms. The Morgan fingerprint density at radius 2 is 2.18 bits per heavy atom.